The second kappa shape index (κ2) is 4.44. The van der Waals surface area contributed by atoms with Gasteiger partial charge < -0.3 is 5.11 Å². The van der Waals surface area contributed by atoms with Crippen LogP contribution < -0.4 is 0 Å². The average Bonchev–Trinajstić information content (AvgIpc) is 2.75. The Bertz CT molecular complexity index is 752. The first-order valence-electron chi connectivity index (χ1n) is 5.90. The second-order valence-electron chi connectivity index (χ2n) is 4.32. The molecule has 0 atom stereocenters. The zero-order valence-electron chi connectivity index (χ0n) is 10.3. The lowest BCUT2D eigenvalue weighted by Gasteiger charge is -2.05. The van der Waals surface area contributed by atoms with Gasteiger partial charge >= 0.3 is 0 Å². The van der Waals surface area contributed by atoms with E-state index < -0.39 is 0 Å². The van der Waals surface area contributed by atoms with E-state index in [9.17, 15) is 9.50 Å². The number of benzene rings is 1. The van der Waals surface area contributed by atoms with Crippen LogP contribution in [0.5, 0.6) is 0 Å². The molecule has 0 amide bonds. The Morgan fingerprint density at radius 2 is 2.21 bits per heavy atom. The third-order valence-electron chi connectivity index (χ3n) is 3.05. The fraction of sp³-hybridized carbons (Fsp3) is 0.143. The number of halogens is 1. The number of hydrogen-bond donors (Lipinski definition) is 1. The van der Waals surface area contributed by atoms with Gasteiger partial charge in [-0.3, -0.25) is 0 Å². The van der Waals surface area contributed by atoms with Crippen molar-refractivity contribution in [1.82, 2.24) is 14.6 Å². The summed E-state index contributed by atoms with van der Waals surface area (Å²) in [7, 11) is 0. The van der Waals surface area contributed by atoms with Crippen molar-refractivity contribution in [3.05, 3.63) is 53.7 Å². The Kier molecular flexibility index (Phi) is 2.76. The Morgan fingerprint density at radius 3 is 3.00 bits per heavy atom. The van der Waals surface area contributed by atoms with Crippen molar-refractivity contribution in [1.29, 1.82) is 0 Å². The first-order chi connectivity index (χ1) is 9.20. The van der Waals surface area contributed by atoms with Gasteiger partial charge in [0.25, 0.3) is 0 Å². The highest BCUT2D eigenvalue weighted by molar-refractivity contribution is 5.80. The van der Waals surface area contributed by atoms with E-state index in [1.54, 1.807) is 35.1 Å². The summed E-state index contributed by atoms with van der Waals surface area (Å²) in [6.07, 6.45) is 3.42. The number of aryl methyl sites for hydroxylation is 1. The molecule has 2 heterocycles. The zero-order chi connectivity index (χ0) is 13.4. The van der Waals surface area contributed by atoms with Crippen LogP contribution in [0.1, 0.15) is 11.3 Å². The number of aliphatic hydroxyl groups excluding tert-OH is 1. The van der Waals surface area contributed by atoms with Crippen LogP contribution in [0, 0.1) is 12.7 Å². The molecular formula is C14H12FN3O. The van der Waals surface area contributed by atoms with Crippen molar-refractivity contribution < 1.29 is 9.50 Å². The Balaban J connectivity index is 2.32. The summed E-state index contributed by atoms with van der Waals surface area (Å²) >= 11 is 0. The Hall–Kier alpha value is -2.27. The number of nitrogens with zero attached hydrogens (tertiary/aromatic N) is 3. The molecule has 0 radical (unpaired) electrons. The number of hydrogen-bond acceptors (Lipinski definition) is 3. The van der Waals surface area contributed by atoms with E-state index in [-0.39, 0.29) is 12.4 Å². The molecule has 3 aromatic rings. The third-order valence-corrected chi connectivity index (χ3v) is 3.05. The van der Waals surface area contributed by atoms with Crippen molar-refractivity contribution in [2.24, 2.45) is 0 Å². The molecule has 2 aromatic heterocycles. The lowest BCUT2D eigenvalue weighted by Crippen LogP contribution is -1.91. The predicted octanol–water partition coefficient (Wildman–Crippen LogP) is 2.34. The van der Waals surface area contributed by atoms with Crippen LogP contribution in [-0.4, -0.2) is 19.7 Å². The number of aromatic nitrogens is 3. The maximum Gasteiger partial charge on any atom is 0.163 e. The number of fused-ring (bicyclic) bond motifs is 1. The fourth-order valence-corrected chi connectivity index (χ4v) is 2.17. The molecule has 0 unspecified atom stereocenters. The van der Waals surface area contributed by atoms with Crippen molar-refractivity contribution in [3.8, 4) is 11.1 Å². The fourth-order valence-electron chi connectivity index (χ4n) is 2.17. The zero-order valence-corrected chi connectivity index (χ0v) is 10.3. The molecule has 0 aliphatic rings. The van der Waals surface area contributed by atoms with E-state index in [1.165, 1.54) is 6.07 Å². The van der Waals surface area contributed by atoms with Crippen LogP contribution in [0.25, 0.3) is 16.8 Å². The minimum absolute atomic E-state index is 0.126. The summed E-state index contributed by atoms with van der Waals surface area (Å²) < 4.78 is 15.7. The van der Waals surface area contributed by atoms with Gasteiger partial charge in [0, 0.05) is 18.0 Å². The van der Waals surface area contributed by atoms with E-state index in [1.807, 2.05) is 6.92 Å². The minimum atomic E-state index is -0.346. The highest BCUT2D eigenvalue weighted by Gasteiger charge is 2.16. The summed E-state index contributed by atoms with van der Waals surface area (Å²) in [6.45, 7) is 1.69. The largest absolute Gasteiger partial charge is 0.392 e. The monoisotopic (exact) mass is 257 g/mol. The van der Waals surface area contributed by atoms with Crippen molar-refractivity contribution >= 4 is 5.65 Å². The Morgan fingerprint density at radius 1 is 1.37 bits per heavy atom. The van der Waals surface area contributed by atoms with E-state index in [0.29, 0.717) is 28.0 Å². The van der Waals surface area contributed by atoms with Crippen LogP contribution in [0.4, 0.5) is 4.39 Å². The molecule has 0 aliphatic heterocycles. The molecule has 0 fully saturated rings. The molecule has 19 heavy (non-hydrogen) atoms. The van der Waals surface area contributed by atoms with Gasteiger partial charge in [-0.25, -0.2) is 13.9 Å². The molecule has 0 saturated heterocycles. The molecule has 1 N–H and O–H groups in total. The standard InChI is InChI=1S/C14H12FN3O/c1-9-13(14-16-5-2-6-18(14)17-9)11-7-10(8-19)3-4-12(11)15/h2-7,19H,8H2,1H3. The highest BCUT2D eigenvalue weighted by atomic mass is 19.1. The molecule has 3 rings (SSSR count). The molecule has 5 heteroatoms. The molecule has 0 aliphatic carbocycles. The molecular weight excluding hydrogens is 245 g/mol. The lowest BCUT2D eigenvalue weighted by atomic mass is 10.0. The SMILES string of the molecule is Cc1nn2cccnc2c1-c1cc(CO)ccc1F. The maximum absolute atomic E-state index is 14.0. The third kappa shape index (κ3) is 1.88. The average molecular weight is 257 g/mol. The maximum atomic E-state index is 14.0. The smallest absolute Gasteiger partial charge is 0.163 e. The molecule has 4 nitrogen and oxygen atoms in total. The normalized spacial score (nSPS) is 11.1. The van der Waals surface area contributed by atoms with E-state index >= 15 is 0 Å². The number of aliphatic hydroxyl groups is 1. The molecule has 0 spiro atoms. The Labute approximate surface area is 109 Å². The van der Waals surface area contributed by atoms with E-state index in [2.05, 4.69) is 10.1 Å². The topological polar surface area (TPSA) is 50.4 Å². The van der Waals surface area contributed by atoms with Crippen LogP contribution in [0.2, 0.25) is 0 Å². The van der Waals surface area contributed by atoms with Gasteiger partial charge in [0.05, 0.1) is 17.9 Å². The van der Waals surface area contributed by atoms with Gasteiger partial charge in [0.1, 0.15) is 5.82 Å². The second-order valence-corrected chi connectivity index (χ2v) is 4.32. The van der Waals surface area contributed by atoms with Gasteiger partial charge in [-0.05, 0) is 30.7 Å². The summed E-state index contributed by atoms with van der Waals surface area (Å²) in [5, 5.41) is 13.5. The minimum Gasteiger partial charge on any atom is -0.392 e. The first kappa shape index (κ1) is 11.8. The predicted molar refractivity (Wildman–Crippen MR) is 69.0 cm³/mol. The van der Waals surface area contributed by atoms with E-state index in [4.69, 9.17) is 0 Å². The van der Waals surface area contributed by atoms with Crippen molar-refractivity contribution in [2.45, 2.75) is 13.5 Å². The summed E-state index contributed by atoms with van der Waals surface area (Å²) in [6, 6.07) is 6.32. The van der Waals surface area contributed by atoms with Gasteiger partial charge in [-0.1, -0.05) is 6.07 Å². The quantitative estimate of drug-likeness (QED) is 0.766. The van der Waals surface area contributed by atoms with Gasteiger partial charge in [0.2, 0.25) is 0 Å². The lowest BCUT2D eigenvalue weighted by molar-refractivity contribution is 0.282. The molecule has 0 bridgehead atoms. The van der Waals surface area contributed by atoms with Crippen LogP contribution in [0.15, 0.2) is 36.7 Å². The van der Waals surface area contributed by atoms with Crippen molar-refractivity contribution in [3.63, 3.8) is 0 Å². The van der Waals surface area contributed by atoms with Gasteiger partial charge in [-0.15, -0.1) is 0 Å². The summed E-state index contributed by atoms with van der Waals surface area (Å²) in [5.74, 6) is -0.346. The molecule has 0 saturated carbocycles. The van der Waals surface area contributed by atoms with Crippen molar-refractivity contribution in [2.75, 3.05) is 0 Å². The summed E-state index contributed by atoms with van der Waals surface area (Å²) in [5.41, 5.74) is 3.04. The molecule has 96 valence electrons. The van der Waals surface area contributed by atoms with Crippen LogP contribution in [0.3, 0.4) is 0 Å². The summed E-state index contributed by atoms with van der Waals surface area (Å²) in [4.78, 5) is 4.25. The van der Waals surface area contributed by atoms with E-state index in [0.717, 1.165) is 0 Å². The first-order valence-corrected chi connectivity index (χ1v) is 5.90. The molecule has 1 aromatic carbocycles. The number of rotatable bonds is 2. The van der Waals surface area contributed by atoms with Gasteiger partial charge in [-0.2, -0.15) is 5.10 Å². The van der Waals surface area contributed by atoms with Crippen LogP contribution >= 0.6 is 0 Å². The van der Waals surface area contributed by atoms with Crippen LogP contribution in [-0.2, 0) is 6.61 Å². The van der Waals surface area contributed by atoms with Gasteiger partial charge in [0.15, 0.2) is 5.65 Å². The highest BCUT2D eigenvalue weighted by Crippen LogP contribution is 2.29.